The number of unbranched alkanes of at least 4 members (excludes halogenated alkanes) is 34. The zero-order valence-corrected chi connectivity index (χ0v) is 50.4. The molecule has 0 aromatic rings. The van der Waals surface area contributed by atoms with Crippen molar-refractivity contribution in [2.75, 3.05) is 13.2 Å². The van der Waals surface area contributed by atoms with Gasteiger partial charge >= 0.3 is 0 Å². The highest BCUT2D eigenvalue weighted by molar-refractivity contribution is 5.76. The topological polar surface area (TPSA) is 149 Å². The van der Waals surface area contributed by atoms with E-state index in [0.717, 1.165) is 77.0 Å². The Morgan fingerprint density at radius 3 is 1.18 bits per heavy atom. The minimum Gasteiger partial charge on any atom is -0.394 e. The number of allylic oxidation sites excluding steroid dienone is 13. The van der Waals surface area contributed by atoms with Crippen LogP contribution in [0.2, 0.25) is 0 Å². The Labute approximate surface area is 480 Å². The average molecular weight is 1090 g/mol. The van der Waals surface area contributed by atoms with E-state index in [2.05, 4.69) is 92.1 Å². The van der Waals surface area contributed by atoms with Crippen LogP contribution in [0.3, 0.4) is 0 Å². The normalized spacial score (nSPS) is 19.2. The van der Waals surface area contributed by atoms with Gasteiger partial charge < -0.3 is 40.3 Å². The van der Waals surface area contributed by atoms with Crippen LogP contribution in [-0.2, 0) is 14.3 Å². The molecule has 7 unspecified atom stereocenters. The molecule has 0 saturated carbocycles. The number of aliphatic hydroxyl groups excluding tert-OH is 5. The SMILES string of the molecule is CC/C=C\C/C=C\C/C=C\C/C=C\C/C=C\C/C=C\CCCCCCCCCCCCCCCCCCC(=O)NC(COC1OC(CO)C(O)C(O)C1O)C(O)/C=C/CCCCCCCCCCCCCCCCCCCC. The van der Waals surface area contributed by atoms with E-state index in [0.29, 0.717) is 6.42 Å². The molecule has 0 bridgehead atoms. The van der Waals surface area contributed by atoms with Crippen molar-refractivity contribution in [1.29, 1.82) is 0 Å². The van der Waals surface area contributed by atoms with Crippen molar-refractivity contribution in [3.8, 4) is 0 Å². The monoisotopic (exact) mass is 1090 g/mol. The van der Waals surface area contributed by atoms with Gasteiger partial charge in [-0.1, -0.05) is 298 Å². The lowest BCUT2D eigenvalue weighted by molar-refractivity contribution is -0.302. The summed E-state index contributed by atoms with van der Waals surface area (Å²) in [6.45, 7) is 3.69. The van der Waals surface area contributed by atoms with Crippen LogP contribution in [0.15, 0.2) is 85.1 Å². The highest BCUT2D eigenvalue weighted by Gasteiger charge is 2.44. The molecule has 0 aliphatic carbocycles. The summed E-state index contributed by atoms with van der Waals surface area (Å²) >= 11 is 0. The zero-order valence-electron chi connectivity index (χ0n) is 50.4. The third kappa shape index (κ3) is 46.0. The van der Waals surface area contributed by atoms with Crippen LogP contribution in [0.4, 0.5) is 0 Å². The number of carbonyl (C=O) groups excluding carboxylic acids is 1. The van der Waals surface area contributed by atoms with Crippen LogP contribution in [0.5, 0.6) is 0 Å². The first-order valence-electron chi connectivity index (χ1n) is 32.8. The fourth-order valence-electron chi connectivity index (χ4n) is 10.1. The van der Waals surface area contributed by atoms with Crippen LogP contribution < -0.4 is 5.32 Å². The Morgan fingerprint density at radius 2 is 0.795 bits per heavy atom. The molecule has 1 aliphatic rings. The predicted octanol–water partition coefficient (Wildman–Crippen LogP) is 17.4. The fraction of sp³-hybridized carbons (Fsp3) is 0.783. The molecule has 9 nitrogen and oxygen atoms in total. The van der Waals surface area contributed by atoms with E-state index in [1.165, 1.54) is 193 Å². The second-order valence-electron chi connectivity index (χ2n) is 22.5. The minimum atomic E-state index is -1.57. The van der Waals surface area contributed by atoms with E-state index in [4.69, 9.17) is 9.47 Å². The molecule has 9 heteroatoms. The number of amides is 1. The summed E-state index contributed by atoms with van der Waals surface area (Å²) in [6, 6.07) is -0.809. The Bertz CT molecular complexity index is 1500. The molecule has 1 saturated heterocycles. The Balaban J connectivity index is 2.14. The molecule has 0 aromatic carbocycles. The smallest absolute Gasteiger partial charge is 0.220 e. The molecule has 6 N–H and O–H groups in total. The molecule has 0 aromatic heterocycles. The number of carbonyl (C=O) groups is 1. The molecule has 1 amide bonds. The maximum Gasteiger partial charge on any atom is 0.220 e. The summed E-state index contributed by atoms with van der Waals surface area (Å²) in [5.74, 6) is -0.176. The van der Waals surface area contributed by atoms with Gasteiger partial charge in [-0.3, -0.25) is 4.79 Å². The van der Waals surface area contributed by atoms with E-state index >= 15 is 0 Å². The second kappa shape index (κ2) is 57.6. The Kier molecular flexibility index (Phi) is 54.2. The number of rotatable bonds is 56. The van der Waals surface area contributed by atoms with Crippen LogP contribution in [0.25, 0.3) is 0 Å². The van der Waals surface area contributed by atoms with Crippen molar-refractivity contribution < 1.29 is 39.8 Å². The maximum absolute atomic E-state index is 13.1. The molecule has 0 spiro atoms. The Hall–Kier alpha value is -2.63. The van der Waals surface area contributed by atoms with Crippen molar-refractivity contribution in [3.63, 3.8) is 0 Å². The molecule has 1 aliphatic heterocycles. The third-order valence-electron chi connectivity index (χ3n) is 15.2. The highest BCUT2D eigenvalue weighted by Crippen LogP contribution is 2.23. The van der Waals surface area contributed by atoms with Gasteiger partial charge in [0.15, 0.2) is 6.29 Å². The molecule has 7 atom stereocenters. The number of aliphatic hydroxyl groups is 5. The molecule has 452 valence electrons. The summed E-state index contributed by atoms with van der Waals surface area (Å²) in [7, 11) is 0. The van der Waals surface area contributed by atoms with E-state index < -0.39 is 49.5 Å². The largest absolute Gasteiger partial charge is 0.394 e. The van der Waals surface area contributed by atoms with E-state index in [-0.39, 0.29) is 12.5 Å². The number of hydrogen-bond acceptors (Lipinski definition) is 8. The number of nitrogens with one attached hydrogen (secondary N) is 1. The summed E-state index contributed by atoms with van der Waals surface area (Å²) in [6.07, 6.45) is 75.2. The van der Waals surface area contributed by atoms with E-state index in [1.807, 2.05) is 6.08 Å². The fourth-order valence-corrected chi connectivity index (χ4v) is 10.1. The molecule has 1 heterocycles. The molecular formula is C69H123NO8. The minimum absolute atomic E-state index is 0.176. The van der Waals surface area contributed by atoms with Gasteiger partial charge in [-0.05, 0) is 70.6 Å². The van der Waals surface area contributed by atoms with Gasteiger partial charge in [0, 0.05) is 6.42 Å². The van der Waals surface area contributed by atoms with Crippen molar-refractivity contribution >= 4 is 5.91 Å². The van der Waals surface area contributed by atoms with E-state index in [1.54, 1.807) is 6.08 Å². The van der Waals surface area contributed by atoms with Gasteiger partial charge in [0.05, 0.1) is 25.4 Å². The first-order chi connectivity index (χ1) is 38.3. The van der Waals surface area contributed by atoms with Gasteiger partial charge in [-0.15, -0.1) is 0 Å². The summed E-state index contributed by atoms with van der Waals surface area (Å²) in [4.78, 5) is 13.1. The molecule has 78 heavy (non-hydrogen) atoms. The summed E-state index contributed by atoms with van der Waals surface area (Å²) < 4.78 is 11.3. The maximum atomic E-state index is 13.1. The molecule has 0 radical (unpaired) electrons. The van der Waals surface area contributed by atoms with Crippen LogP contribution in [0.1, 0.15) is 290 Å². The lowest BCUT2D eigenvalue weighted by Crippen LogP contribution is -2.60. The van der Waals surface area contributed by atoms with Gasteiger partial charge in [-0.25, -0.2) is 0 Å². The molecular weight excluding hydrogens is 971 g/mol. The van der Waals surface area contributed by atoms with Crippen molar-refractivity contribution in [1.82, 2.24) is 5.32 Å². The summed E-state index contributed by atoms with van der Waals surface area (Å²) in [5, 5.41) is 54.7. The lowest BCUT2D eigenvalue weighted by atomic mass is 9.99. The number of ether oxygens (including phenoxy) is 2. The van der Waals surface area contributed by atoms with Gasteiger partial charge in [0.1, 0.15) is 24.4 Å². The first kappa shape index (κ1) is 73.4. The Morgan fingerprint density at radius 1 is 0.449 bits per heavy atom. The lowest BCUT2D eigenvalue weighted by Gasteiger charge is -2.40. The van der Waals surface area contributed by atoms with E-state index in [9.17, 15) is 30.3 Å². The zero-order chi connectivity index (χ0) is 56.5. The van der Waals surface area contributed by atoms with Gasteiger partial charge in [-0.2, -0.15) is 0 Å². The van der Waals surface area contributed by atoms with Crippen molar-refractivity contribution in [3.05, 3.63) is 85.1 Å². The first-order valence-corrected chi connectivity index (χ1v) is 32.8. The standard InChI is InChI=1S/C69H123NO8/c1-3-5-7-9-11-13-15-17-19-21-23-25-26-27-28-29-30-31-32-33-34-35-36-37-38-39-41-43-45-47-49-51-53-55-57-59-65(73)70-62(61-77-69-68(76)67(75)66(74)64(60-71)78-69)63(72)58-56-54-52-50-48-46-44-42-40-24-22-20-18-16-14-12-10-8-6-4-2/h5,7,11,13,17,19,23,25,27-28,30-31,56,58,62-64,66-69,71-72,74-76H,3-4,6,8-10,12,14-16,18,20-22,24,26,29,32-55,57,59-61H2,1-2H3,(H,70,73)/b7-5-,13-11-,19-17-,25-23-,28-27-,31-30-,58-56+. The average Bonchev–Trinajstić information content (AvgIpc) is 3.45. The van der Waals surface area contributed by atoms with Crippen LogP contribution in [0, 0.1) is 0 Å². The molecule has 1 rings (SSSR count). The highest BCUT2D eigenvalue weighted by atomic mass is 16.7. The predicted molar refractivity (Wildman–Crippen MR) is 332 cm³/mol. The summed E-state index contributed by atoms with van der Waals surface area (Å²) in [5.41, 5.74) is 0. The van der Waals surface area contributed by atoms with Crippen LogP contribution >= 0.6 is 0 Å². The second-order valence-corrected chi connectivity index (χ2v) is 22.5. The van der Waals surface area contributed by atoms with Gasteiger partial charge in [0.2, 0.25) is 5.91 Å². The van der Waals surface area contributed by atoms with Crippen LogP contribution in [-0.4, -0.2) is 87.5 Å². The third-order valence-corrected chi connectivity index (χ3v) is 15.2. The molecule has 1 fully saturated rings. The van der Waals surface area contributed by atoms with Gasteiger partial charge in [0.25, 0.3) is 0 Å². The van der Waals surface area contributed by atoms with Crippen molar-refractivity contribution in [2.45, 2.75) is 333 Å². The van der Waals surface area contributed by atoms with Crippen molar-refractivity contribution in [2.24, 2.45) is 0 Å². The quantitative estimate of drug-likeness (QED) is 0.0261. The number of hydrogen-bond donors (Lipinski definition) is 6.